The number of rotatable bonds is 6. The molecule has 0 bridgehead atoms. The Kier molecular flexibility index (Phi) is 6.77. The van der Waals surface area contributed by atoms with E-state index >= 15 is 0 Å². The summed E-state index contributed by atoms with van der Waals surface area (Å²) < 4.78 is 10.2. The van der Waals surface area contributed by atoms with E-state index in [1.807, 2.05) is 0 Å². The van der Waals surface area contributed by atoms with E-state index in [2.05, 4.69) is 5.32 Å². The lowest BCUT2D eigenvalue weighted by Crippen LogP contribution is -2.15. The Labute approximate surface area is 190 Å². The average molecular weight is 487 g/mol. The highest BCUT2D eigenvalue weighted by Crippen LogP contribution is 2.41. The van der Waals surface area contributed by atoms with Gasteiger partial charge in [-0.3, -0.25) is 4.79 Å². The molecule has 0 fully saturated rings. The van der Waals surface area contributed by atoms with E-state index in [1.54, 1.807) is 29.6 Å². The number of carbonyl (C=O) groups excluding carboxylic acids is 1. The summed E-state index contributed by atoms with van der Waals surface area (Å²) in [4.78, 5) is 24.8. The van der Waals surface area contributed by atoms with E-state index in [4.69, 9.17) is 44.3 Å². The van der Waals surface area contributed by atoms with Crippen molar-refractivity contribution in [2.75, 3.05) is 19.5 Å². The number of benzene rings is 2. The van der Waals surface area contributed by atoms with E-state index in [-0.39, 0.29) is 36.9 Å². The van der Waals surface area contributed by atoms with Crippen LogP contribution >= 0.6 is 46.1 Å². The van der Waals surface area contributed by atoms with Crippen LogP contribution in [-0.2, 0) is 0 Å². The highest BCUT2D eigenvalue weighted by atomic mass is 35.5. The molecule has 0 saturated heterocycles. The zero-order chi connectivity index (χ0) is 22.0. The summed E-state index contributed by atoms with van der Waals surface area (Å²) in [6.45, 7) is 0. The number of halogens is 3. The topological polar surface area (TPSA) is 84.9 Å². The highest BCUT2D eigenvalue weighted by molar-refractivity contribution is 7.15. The summed E-state index contributed by atoms with van der Waals surface area (Å²) in [7, 11) is 2.93. The second-order valence-electron chi connectivity index (χ2n) is 5.90. The number of hydrogen-bond acceptors (Lipinski definition) is 5. The SMILES string of the molecule is COc1ccc(-c2csc(NC(=O)c3c(Cl)cc(OC)c(Cl)c3Cl)c2C(=O)O)cc1. The van der Waals surface area contributed by atoms with Crippen molar-refractivity contribution in [1.82, 2.24) is 0 Å². The fraction of sp³-hybridized carbons (Fsp3) is 0.100. The summed E-state index contributed by atoms with van der Waals surface area (Å²) >= 11 is 19.5. The largest absolute Gasteiger partial charge is 0.497 e. The number of amides is 1. The minimum Gasteiger partial charge on any atom is -0.497 e. The number of anilines is 1. The Morgan fingerprint density at radius 1 is 1.00 bits per heavy atom. The summed E-state index contributed by atoms with van der Waals surface area (Å²) in [5.41, 5.74) is 0.981. The Bertz CT molecular complexity index is 1130. The molecule has 2 N–H and O–H groups in total. The first-order valence-corrected chi connectivity index (χ1v) is 10.3. The molecule has 1 amide bonds. The Morgan fingerprint density at radius 2 is 1.67 bits per heavy atom. The number of ether oxygens (including phenoxy) is 2. The summed E-state index contributed by atoms with van der Waals surface area (Å²) in [6.07, 6.45) is 0. The zero-order valence-corrected chi connectivity index (χ0v) is 18.7. The quantitative estimate of drug-likeness (QED) is 0.397. The van der Waals surface area contributed by atoms with Crippen LogP contribution in [0.2, 0.25) is 15.1 Å². The first-order chi connectivity index (χ1) is 14.3. The normalized spacial score (nSPS) is 10.6. The van der Waals surface area contributed by atoms with Crippen LogP contribution in [-0.4, -0.2) is 31.2 Å². The fourth-order valence-electron chi connectivity index (χ4n) is 2.74. The van der Waals surface area contributed by atoms with Crippen molar-refractivity contribution in [3.63, 3.8) is 0 Å². The lowest BCUT2D eigenvalue weighted by atomic mass is 10.0. The number of carbonyl (C=O) groups is 2. The molecule has 0 unspecified atom stereocenters. The average Bonchev–Trinajstić information content (AvgIpc) is 3.14. The van der Waals surface area contributed by atoms with Gasteiger partial charge in [-0.25, -0.2) is 4.79 Å². The van der Waals surface area contributed by atoms with Crippen molar-refractivity contribution in [1.29, 1.82) is 0 Å². The van der Waals surface area contributed by atoms with Gasteiger partial charge in [-0.05, 0) is 17.7 Å². The molecule has 3 aromatic rings. The van der Waals surface area contributed by atoms with Crippen molar-refractivity contribution in [2.45, 2.75) is 0 Å². The van der Waals surface area contributed by atoms with Crippen LogP contribution in [0.3, 0.4) is 0 Å². The van der Waals surface area contributed by atoms with Crippen LogP contribution in [0, 0.1) is 0 Å². The van der Waals surface area contributed by atoms with Gasteiger partial charge in [-0.2, -0.15) is 0 Å². The maximum Gasteiger partial charge on any atom is 0.339 e. The zero-order valence-electron chi connectivity index (χ0n) is 15.6. The number of methoxy groups -OCH3 is 2. The molecule has 1 aromatic heterocycles. The molecule has 2 aromatic carbocycles. The number of thiophene rings is 1. The van der Waals surface area contributed by atoms with Gasteiger partial charge in [0.1, 0.15) is 27.1 Å². The van der Waals surface area contributed by atoms with Gasteiger partial charge in [0.25, 0.3) is 5.91 Å². The smallest absolute Gasteiger partial charge is 0.339 e. The Hall–Kier alpha value is -2.45. The summed E-state index contributed by atoms with van der Waals surface area (Å²) in [5, 5.41) is 14.0. The van der Waals surface area contributed by atoms with Crippen LogP contribution in [0.4, 0.5) is 5.00 Å². The van der Waals surface area contributed by atoms with Gasteiger partial charge in [-0.1, -0.05) is 46.9 Å². The first kappa shape index (κ1) is 22.2. The molecule has 10 heteroatoms. The molecule has 3 rings (SSSR count). The van der Waals surface area contributed by atoms with Crippen molar-refractivity contribution >= 4 is 63.0 Å². The van der Waals surface area contributed by atoms with Crippen molar-refractivity contribution in [2.24, 2.45) is 0 Å². The fourth-order valence-corrected chi connectivity index (χ4v) is 4.53. The van der Waals surface area contributed by atoms with Crippen LogP contribution in [0.5, 0.6) is 11.5 Å². The van der Waals surface area contributed by atoms with Crippen molar-refractivity contribution in [3.05, 3.63) is 61.9 Å². The number of hydrogen-bond donors (Lipinski definition) is 2. The Balaban J connectivity index is 2.00. The summed E-state index contributed by atoms with van der Waals surface area (Å²) in [6, 6.07) is 8.26. The molecule has 0 radical (unpaired) electrons. The number of carboxylic acids is 1. The van der Waals surface area contributed by atoms with Crippen molar-refractivity contribution in [3.8, 4) is 22.6 Å². The second-order valence-corrected chi connectivity index (χ2v) is 7.95. The molecule has 0 aliphatic heterocycles. The van der Waals surface area contributed by atoms with Gasteiger partial charge < -0.3 is 19.9 Å². The molecule has 30 heavy (non-hydrogen) atoms. The second kappa shape index (κ2) is 9.14. The van der Waals surface area contributed by atoms with Crippen molar-refractivity contribution < 1.29 is 24.2 Å². The van der Waals surface area contributed by atoms with Gasteiger partial charge in [0.2, 0.25) is 0 Å². The minimum absolute atomic E-state index is 0.0163. The number of nitrogens with one attached hydrogen (secondary N) is 1. The van der Waals surface area contributed by atoms with E-state index in [1.165, 1.54) is 20.3 Å². The standard InChI is InChI=1S/C20H14Cl3NO5S/c1-28-10-5-3-9(4-6-10)11-8-30-19(14(11)20(26)27)24-18(25)15-12(21)7-13(29-2)16(22)17(15)23/h3-8H,1-2H3,(H,24,25)(H,26,27). The molecule has 0 aliphatic rings. The first-order valence-electron chi connectivity index (χ1n) is 8.30. The lowest BCUT2D eigenvalue weighted by molar-refractivity contribution is 0.0699. The van der Waals surface area contributed by atoms with Gasteiger partial charge in [0.05, 0.1) is 29.8 Å². The third-order valence-corrected chi connectivity index (χ3v) is 6.25. The monoisotopic (exact) mass is 485 g/mol. The number of aromatic carboxylic acids is 1. The minimum atomic E-state index is -1.19. The van der Waals surface area contributed by atoms with E-state index in [0.717, 1.165) is 11.3 Å². The maximum absolute atomic E-state index is 12.8. The third kappa shape index (κ3) is 4.20. The molecule has 156 valence electrons. The van der Waals surface area contributed by atoms with Crippen LogP contribution in [0.1, 0.15) is 20.7 Å². The van der Waals surface area contributed by atoms with E-state index in [9.17, 15) is 14.7 Å². The Morgan fingerprint density at radius 3 is 2.23 bits per heavy atom. The molecule has 0 aliphatic carbocycles. The van der Waals surface area contributed by atoms with Gasteiger partial charge in [0.15, 0.2) is 0 Å². The maximum atomic E-state index is 12.8. The molecular weight excluding hydrogens is 473 g/mol. The number of carboxylic acid groups (broad SMARTS) is 1. The lowest BCUT2D eigenvalue weighted by Gasteiger charge is -2.12. The third-order valence-electron chi connectivity index (χ3n) is 4.21. The van der Waals surface area contributed by atoms with Crippen LogP contribution in [0.15, 0.2) is 35.7 Å². The van der Waals surface area contributed by atoms with Gasteiger partial charge in [0, 0.05) is 17.0 Å². The van der Waals surface area contributed by atoms with Crippen LogP contribution in [0.25, 0.3) is 11.1 Å². The molecule has 0 spiro atoms. The molecule has 1 heterocycles. The van der Waals surface area contributed by atoms with E-state index in [0.29, 0.717) is 16.9 Å². The molecule has 0 saturated carbocycles. The molecule has 0 atom stereocenters. The van der Waals surface area contributed by atoms with Gasteiger partial charge in [-0.15, -0.1) is 11.3 Å². The predicted molar refractivity (Wildman–Crippen MR) is 119 cm³/mol. The van der Waals surface area contributed by atoms with Crippen LogP contribution < -0.4 is 14.8 Å². The summed E-state index contributed by atoms with van der Waals surface area (Å²) in [5.74, 6) is -1.03. The highest BCUT2D eigenvalue weighted by Gasteiger charge is 2.25. The van der Waals surface area contributed by atoms with E-state index < -0.39 is 11.9 Å². The van der Waals surface area contributed by atoms with Gasteiger partial charge >= 0.3 is 5.97 Å². The predicted octanol–water partition coefficient (Wildman–Crippen LogP) is 6.34. The molecule has 6 nitrogen and oxygen atoms in total. The molecular formula is C20H14Cl3NO5S.